The number of ether oxygens (including phenoxy) is 1. The first-order valence-corrected chi connectivity index (χ1v) is 16.8. The summed E-state index contributed by atoms with van der Waals surface area (Å²) in [6.07, 6.45) is 3.64. The highest BCUT2D eigenvalue weighted by molar-refractivity contribution is 6.10. The van der Waals surface area contributed by atoms with Crippen molar-refractivity contribution in [3.8, 4) is 29.1 Å². The maximum Gasteiger partial charge on any atom is 0.223 e. The number of aryl methyl sites for hydroxylation is 2. The minimum Gasteiger partial charge on any atom is -0.472 e. The van der Waals surface area contributed by atoms with Crippen LogP contribution in [0.2, 0.25) is 0 Å². The first kappa shape index (κ1) is 31.1. The number of rotatable bonds is 8. The van der Waals surface area contributed by atoms with Crippen LogP contribution in [0.4, 0.5) is 4.39 Å². The molecular formula is C39H41FN6O. The molecule has 7 rings (SSSR count). The lowest BCUT2D eigenvalue weighted by Gasteiger charge is -2.44. The van der Waals surface area contributed by atoms with Crippen molar-refractivity contribution >= 4 is 32.6 Å². The number of nitriles is 2. The summed E-state index contributed by atoms with van der Waals surface area (Å²) in [5.74, 6) is 0.707. The van der Waals surface area contributed by atoms with Gasteiger partial charge in [-0.15, -0.1) is 0 Å². The lowest BCUT2D eigenvalue weighted by molar-refractivity contribution is 0.104. The Morgan fingerprint density at radius 1 is 1.15 bits per heavy atom. The van der Waals surface area contributed by atoms with Gasteiger partial charge in [0.15, 0.2) is 5.82 Å². The van der Waals surface area contributed by atoms with Crippen LogP contribution in [0.15, 0.2) is 48.5 Å². The highest BCUT2D eigenvalue weighted by atomic mass is 19.1. The molecule has 0 spiro atoms. The zero-order valence-electron chi connectivity index (χ0n) is 27.6. The van der Waals surface area contributed by atoms with Gasteiger partial charge >= 0.3 is 0 Å². The Morgan fingerprint density at radius 3 is 2.62 bits per heavy atom. The normalized spacial score (nSPS) is 22.0. The van der Waals surface area contributed by atoms with E-state index in [4.69, 9.17) is 15.5 Å². The van der Waals surface area contributed by atoms with Gasteiger partial charge in [-0.25, -0.2) is 9.37 Å². The topological polar surface area (TPSA) is 104 Å². The predicted molar refractivity (Wildman–Crippen MR) is 185 cm³/mol. The van der Waals surface area contributed by atoms with E-state index in [1.54, 1.807) is 6.07 Å². The highest BCUT2D eigenvalue weighted by Gasteiger charge is 2.40. The van der Waals surface area contributed by atoms with Crippen LogP contribution in [0.5, 0.6) is 5.88 Å². The number of nitrogens with two attached hydrogens (primary N) is 1. The summed E-state index contributed by atoms with van der Waals surface area (Å²) in [6, 6.07) is 20.4. The number of benzene rings is 3. The van der Waals surface area contributed by atoms with E-state index in [0.717, 1.165) is 53.4 Å². The van der Waals surface area contributed by atoms with Crippen molar-refractivity contribution in [2.75, 3.05) is 20.1 Å². The molecule has 2 aromatic heterocycles. The van der Waals surface area contributed by atoms with Gasteiger partial charge in [-0.2, -0.15) is 10.5 Å². The van der Waals surface area contributed by atoms with E-state index in [-0.39, 0.29) is 30.1 Å². The van der Waals surface area contributed by atoms with E-state index in [1.165, 1.54) is 0 Å². The maximum absolute atomic E-state index is 17.5. The lowest BCUT2D eigenvalue weighted by Crippen LogP contribution is -2.41. The van der Waals surface area contributed by atoms with Crippen LogP contribution < -0.4 is 10.5 Å². The van der Waals surface area contributed by atoms with Crippen LogP contribution in [-0.2, 0) is 6.42 Å². The summed E-state index contributed by atoms with van der Waals surface area (Å²) in [7, 11) is 2.13. The third-order valence-electron chi connectivity index (χ3n) is 10.8. The lowest BCUT2D eigenvalue weighted by atomic mass is 9.70. The van der Waals surface area contributed by atoms with Crippen molar-refractivity contribution in [3.63, 3.8) is 0 Å². The summed E-state index contributed by atoms with van der Waals surface area (Å²) in [6.45, 7) is 8.04. The molecule has 3 aromatic carbocycles. The molecule has 47 heavy (non-hydrogen) atoms. The number of fused-ring (bicyclic) bond motifs is 4. The molecule has 1 saturated carbocycles. The van der Waals surface area contributed by atoms with Crippen molar-refractivity contribution < 1.29 is 9.13 Å². The fraction of sp³-hybridized carbons (Fsp3) is 0.410. The molecule has 2 N–H and O–H groups in total. The molecule has 240 valence electrons. The number of halogens is 1. The molecule has 1 saturated heterocycles. The van der Waals surface area contributed by atoms with Crippen LogP contribution in [0, 0.1) is 47.2 Å². The Kier molecular flexibility index (Phi) is 8.12. The zero-order chi connectivity index (χ0) is 33.0. The highest BCUT2D eigenvalue weighted by Crippen LogP contribution is 2.49. The summed E-state index contributed by atoms with van der Waals surface area (Å²) >= 11 is 0. The smallest absolute Gasteiger partial charge is 0.223 e. The average Bonchev–Trinajstić information content (AvgIpc) is 3.65. The number of likely N-dealkylation sites (tertiary alicyclic amines) is 1. The minimum atomic E-state index is -0.462. The van der Waals surface area contributed by atoms with E-state index in [1.807, 2.05) is 36.4 Å². The number of hydrogen-bond acceptors (Lipinski definition) is 6. The monoisotopic (exact) mass is 628 g/mol. The molecule has 0 amide bonds. The summed E-state index contributed by atoms with van der Waals surface area (Å²) in [5, 5.41) is 22.8. The van der Waals surface area contributed by atoms with E-state index < -0.39 is 5.82 Å². The molecule has 1 aliphatic heterocycles. The summed E-state index contributed by atoms with van der Waals surface area (Å²) in [4.78, 5) is 7.33. The van der Waals surface area contributed by atoms with Gasteiger partial charge in [0.05, 0.1) is 28.6 Å². The van der Waals surface area contributed by atoms with Gasteiger partial charge in [0.1, 0.15) is 11.6 Å². The van der Waals surface area contributed by atoms with Crippen molar-refractivity contribution in [2.24, 2.45) is 17.6 Å². The number of nitrogens with zero attached hydrogens (tertiary/aromatic N) is 5. The molecule has 0 radical (unpaired) electrons. The van der Waals surface area contributed by atoms with Crippen LogP contribution in [0.3, 0.4) is 0 Å². The Labute approximate surface area is 275 Å². The van der Waals surface area contributed by atoms with E-state index in [9.17, 15) is 10.5 Å². The van der Waals surface area contributed by atoms with Gasteiger partial charge < -0.3 is 15.0 Å². The molecule has 3 heterocycles. The molecule has 0 bridgehead atoms. The molecule has 5 atom stereocenters. The van der Waals surface area contributed by atoms with Crippen LogP contribution in [-0.4, -0.2) is 46.7 Å². The Bertz CT molecular complexity index is 2100. The van der Waals surface area contributed by atoms with E-state index >= 15 is 4.39 Å². The molecule has 8 heteroatoms. The largest absolute Gasteiger partial charge is 0.472 e. The van der Waals surface area contributed by atoms with Crippen LogP contribution >= 0.6 is 0 Å². The van der Waals surface area contributed by atoms with E-state index in [2.05, 4.69) is 55.5 Å². The second-order valence-corrected chi connectivity index (χ2v) is 13.6. The Balaban J connectivity index is 1.55. The average molecular weight is 629 g/mol. The van der Waals surface area contributed by atoms with Gasteiger partial charge in [-0.1, -0.05) is 37.3 Å². The number of likely N-dealkylation sites (N-methyl/N-ethyl adjacent to an activating group) is 1. The third-order valence-corrected chi connectivity index (χ3v) is 10.8. The summed E-state index contributed by atoms with van der Waals surface area (Å²) in [5.41, 5.74) is 10.7. The predicted octanol–water partition coefficient (Wildman–Crippen LogP) is 7.80. The van der Waals surface area contributed by atoms with Gasteiger partial charge in [0, 0.05) is 40.5 Å². The number of hydrogen-bond donors (Lipinski definition) is 1. The molecule has 7 nitrogen and oxygen atoms in total. The number of aromatic nitrogens is 2. The number of pyridine rings is 1. The van der Waals surface area contributed by atoms with Crippen LogP contribution in [0.25, 0.3) is 43.7 Å². The fourth-order valence-corrected chi connectivity index (χ4v) is 8.54. The van der Waals surface area contributed by atoms with Gasteiger partial charge in [0.25, 0.3) is 0 Å². The molecule has 0 unspecified atom stereocenters. The molecular weight excluding hydrogens is 587 g/mol. The maximum atomic E-state index is 17.5. The molecule has 2 fully saturated rings. The SMILES string of the molecule is Cc1cc2c(O[C@@H](C)[C@@H]3CCCN3C)nc3c(F)c(-c4cccc5cccc(C#N)c45)c(CCC#N)cc3c2n1[C@H]1[C@@H](CN)C[C@@H]1C. The second kappa shape index (κ2) is 12.3. The Hall–Kier alpha value is -4.50. The van der Waals surface area contributed by atoms with Crippen molar-refractivity contribution in [3.05, 3.63) is 71.2 Å². The molecule has 2 aliphatic rings. The first-order valence-electron chi connectivity index (χ1n) is 16.8. The minimum absolute atomic E-state index is 0.146. The third kappa shape index (κ3) is 5.03. The van der Waals surface area contributed by atoms with Crippen LogP contribution in [0.1, 0.15) is 62.4 Å². The van der Waals surface area contributed by atoms with Crippen molar-refractivity contribution in [1.82, 2.24) is 14.5 Å². The van der Waals surface area contributed by atoms with E-state index in [0.29, 0.717) is 58.1 Å². The zero-order valence-corrected chi connectivity index (χ0v) is 27.6. The molecule has 1 aliphatic carbocycles. The van der Waals surface area contributed by atoms with Gasteiger partial charge in [0.2, 0.25) is 5.88 Å². The standard InChI is InChI=1S/C39H41FN6O/c1-22-17-28(21-43)37(22)46-23(2)18-31-38(46)30-19-26(12-7-15-41)34(29-13-6-10-25-9-5-11-27(20-42)33(25)29)35(40)36(30)44-39(31)47-24(3)32-14-8-16-45(32)4/h5-6,9-11,13,18-19,22,24,28,32,37H,7-8,12,14,16-17,21,43H2,1-4H3/t22-,24-,28+,32-,37+/m0/s1. The molecule has 5 aromatic rings. The van der Waals surface area contributed by atoms with Gasteiger partial charge in [-0.3, -0.25) is 4.90 Å². The van der Waals surface area contributed by atoms with Crippen molar-refractivity contribution in [2.45, 2.75) is 71.1 Å². The second-order valence-electron chi connectivity index (χ2n) is 13.6. The fourth-order valence-electron chi connectivity index (χ4n) is 8.54. The summed E-state index contributed by atoms with van der Waals surface area (Å²) < 4.78 is 26.6. The quantitative estimate of drug-likeness (QED) is 0.188. The first-order chi connectivity index (χ1) is 22.8. The van der Waals surface area contributed by atoms with Gasteiger partial charge in [-0.05, 0) is 106 Å². The Morgan fingerprint density at radius 2 is 1.94 bits per heavy atom. The van der Waals surface area contributed by atoms with Crippen molar-refractivity contribution in [1.29, 1.82) is 10.5 Å².